The average Bonchev–Trinajstić information content (AvgIpc) is 1.52. The lowest BCUT2D eigenvalue weighted by Crippen LogP contribution is -2.00. The fraction of sp³-hybridized carbons (Fsp3) is 0. The lowest BCUT2D eigenvalue weighted by molar-refractivity contribution is 0.666. The zero-order chi connectivity index (χ0) is 73.7. The third-order valence-corrected chi connectivity index (χ3v) is 22.0. The third-order valence-electron chi connectivity index (χ3n) is 20.9. The van der Waals surface area contributed by atoms with Crippen molar-refractivity contribution in [3.8, 4) is 147 Å². The Bertz CT molecular complexity index is 7430. The Kier molecular flexibility index (Phi) is 15.1. The molecule has 0 fully saturated rings. The van der Waals surface area contributed by atoms with Gasteiger partial charge in [-0.05, 0) is 101 Å². The van der Waals surface area contributed by atoms with Crippen molar-refractivity contribution in [1.82, 2.24) is 49.8 Å². The Hall–Kier alpha value is -15.1. The van der Waals surface area contributed by atoms with Gasteiger partial charge in [-0.15, -0.1) is 11.3 Å². The first kappa shape index (κ1) is 64.1. The van der Waals surface area contributed by atoms with Crippen molar-refractivity contribution in [1.29, 1.82) is 0 Å². The van der Waals surface area contributed by atoms with Crippen molar-refractivity contribution in [2.24, 2.45) is 0 Å². The molecule has 0 saturated carbocycles. The highest BCUT2D eigenvalue weighted by atomic mass is 32.1. The van der Waals surface area contributed by atoms with Crippen LogP contribution < -0.4 is 0 Å². The molecule has 0 aliphatic heterocycles. The monoisotopic (exact) mass is 1450 g/mol. The van der Waals surface area contributed by atoms with Crippen molar-refractivity contribution in [2.45, 2.75) is 0 Å². The van der Waals surface area contributed by atoms with E-state index in [0.717, 1.165) is 142 Å². The molecule has 0 atom stereocenters. The molecule has 0 N–H and O–H groups in total. The predicted octanol–water partition coefficient (Wildman–Crippen LogP) is 25.4. The average molecular weight is 1450 g/mol. The van der Waals surface area contributed by atoms with E-state index in [0.29, 0.717) is 91.3 Å². The van der Waals surface area contributed by atoms with Crippen LogP contribution in [0.1, 0.15) is 0 Å². The van der Waals surface area contributed by atoms with Gasteiger partial charge in [0.05, 0.1) is 21.5 Å². The lowest BCUT2D eigenvalue weighted by atomic mass is 9.91. The van der Waals surface area contributed by atoms with Crippen molar-refractivity contribution < 1.29 is 13.3 Å². The molecule has 22 rings (SSSR count). The van der Waals surface area contributed by atoms with E-state index in [4.69, 9.17) is 63.1 Å². The van der Waals surface area contributed by atoms with Gasteiger partial charge in [0.25, 0.3) is 0 Å². The van der Waals surface area contributed by atoms with Crippen LogP contribution in [0.3, 0.4) is 0 Å². The van der Waals surface area contributed by atoms with Gasteiger partial charge in [-0.1, -0.05) is 267 Å². The number of aromatic nitrogens is 10. The van der Waals surface area contributed by atoms with Crippen LogP contribution in [0.4, 0.5) is 0 Å². The molecule has 0 amide bonds. The smallest absolute Gasteiger partial charge is 0.180 e. The van der Waals surface area contributed by atoms with Gasteiger partial charge in [-0.25, -0.2) is 49.8 Å². The topological polar surface area (TPSA) is 168 Å². The van der Waals surface area contributed by atoms with E-state index < -0.39 is 0 Å². The highest BCUT2D eigenvalue weighted by Gasteiger charge is 2.27. The van der Waals surface area contributed by atoms with Crippen LogP contribution in [0.15, 0.2) is 353 Å². The molecule has 0 aliphatic rings. The maximum absolute atomic E-state index is 7.20. The van der Waals surface area contributed by atoms with Gasteiger partial charge < -0.3 is 13.3 Å². The van der Waals surface area contributed by atoms with Crippen LogP contribution in [0.2, 0.25) is 0 Å². The highest BCUT2D eigenvalue weighted by Crippen LogP contribution is 2.48. The zero-order valence-corrected chi connectivity index (χ0v) is 60.3. The Morgan fingerprint density at radius 2 is 0.607 bits per heavy atom. The minimum absolute atomic E-state index is 0.481. The van der Waals surface area contributed by atoms with Crippen LogP contribution in [-0.2, 0) is 0 Å². The second-order valence-corrected chi connectivity index (χ2v) is 28.8. The number of furan rings is 3. The first-order chi connectivity index (χ1) is 55.4. The number of rotatable bonds is 13. The SMILES string of the molecule is c1ccc(-c2cccc(-c3nc(-c4ccccc4)nc(-c4ccc5oc6c(-c7nc(-c8ccccc8)c8oc9cc(-c%10ccc%11c(oc%12ccc(-c%13nc(-c%14ccccc%14)nc(-c%14ccccc%14)n%13)cc%12%11)c%10-c%10ccc(-c%11nc(-c%12ccccc%12)nc%12c%11sc%11ccccc%11%12)cc%10)ccc9c8n7)cccc6c5c4)n3)c2)cc1. The second-order valence-electron chi connectivity index (χ2n) is 27.7. The maximum atomic E-state index is 7.20. The molecule has 0 spiro atoms. The van der Waals surface area contributed by atoms with Crippen molar-refractivity contribution in [3.63, 3.8) is 0 Å². The summed E-state index contributed by atoms with van der Waals surface area (Å²) >= 11 is 1.71. The number of thiophene rings is 1. The summed E-state index contributed by atoms with van der Waals surface area (Å²) in [5.41, 5.74) is 21.5. The number of hydrogen-bond acceptors (Lipinski definition) is 14. The van der Waals surface area contributed by atoms with Crippen LogP contribution in [0, 0.1) is 0 Å². The molecule has 14 heteroatoms. The van der Waals surface area contributed by atoms with E-state index >= 15 is 0 Å². The number of hydrogen-bond donors (Lipinski definition) is 0. The van der Waals surface area contributed by atoms with E-state index in [1.165, 1.54) is 0 Å². The van der Waals surface area contributed by atoms with Gasteiger partial charge >= 0.3 is 0 Å². The molecule has 8 heterocycles. The van der Waals surface area contributed by atoms with E-state index in [1.807, 2.05) is 194 Å². The highest BCUT2D eigenvalue weighted by molar-refractivity contribution is 7.26. The molecular weight excluding hydrogens is 1400 g/mol. The summed E-state index contributed by atoms with van der Waals surface area (Å²) in [6.07, 6.45) is 0. The van der Waals surface area contributed by atoms with Gasteiger partial charge in [0.1, 0.15) is 39.1 Å². The minimum Gasteiger partial charge on any atom is -0.455 e. The van der Waals surface area contributed by atoms with E-state index in [-0.39, 0.29) is 0 Å². The van der Waals surface area contributed by atoms with Crippen molar-refractivity contribution in [2.75, 3.05) is 0 Å². The largest absolute Gasteiger partial charge is 0.455 e. The Labute approximate surface area is 643 Å². The predicted molar refractivity (Wildman–Crippen MR) is 450 cm³/mol. The summed E-state index contributed by atoms with van der Waals surface area (Å²) in [5, 5.41) is 5.53. The Balaban J connectivity index is 0.685. The summed E-state index contributed by atoms with van der Waals surface area (Å²) < 4.78 is 23.4. The fourth-order valence-electron chi connectivity index (χ4n) is 15.4. The van der Waals surface area contributed by atoms with E-state index in [1.54, 1.807) is 11.3 Å². The molecule has 0 aliphatic carbocycles. The molecule has 14 aromatic carbocycles. The molecule has 0 saturated heterocycles. The quantitative estimate of drug-likeness (QED) is 0.107. The summed E-state index contributed by atoms with van der Waals surface area (Å²) in [6, 6.07) is 115. The fourth-order valence-corrected chi connectivity index (χ4v) is 16.5. The first-order valence-corrected chi connectivity index (χ1v) is 37.7. The molecule has 13 nitrogen and oxygen atoms in total. The first-order valence-electron chi connectivity index (χ1n) is 36.9. The molecule has 112 heavy (non-hydrogen) atoms. The van der Waals surface area contributed by atoms with E-state index in [2.05, 4.69) is 146 Å². The third kappa shape index (κ3) is 11.1. The molecule has 0 bridgehead atoms. The summed E-state index contributed by atoms with van der Waals surface area (Å²) in [7, 11) is 0. The summed E-state index contributed by atoms with van der Waals surface area (Å²) in [4.78, 5) is 52.1. The second kappa shape index (κ2) is 26.4. The zero-order valence-electron chi connectivity index (χ0n) is 59.4. The lowest BCUT2D eigenvalue weighted by Gasteiger charge is -2.13. The number of para-hydroxylation sites is 1. The van der Waals surface area contributed by atoms with Crippen LogP contribution in [0.5, 0.6) is 0 Å². The van der Waals surface area contributed by atoms with E-state index in [9.17, 15) is 0 Å². The van der Waals surface area contributed by atoms with Crippen molar-refractivity contribution >= 4 is 97.6 Å². The van der Waals surface area contributed by atoms with Crippen molar-refractivity contribution in [3.05, 3.63) is 340 Å². The number of fused-ring (bicyclic) bond motifs is 12. The standard InChI is InChI=1S/C98H56N10O3S/c1-7-23-57(24-8-1)65-35-21-36-67(53-65)95-104-94(64-33-17-6-18-34-64)107-97(108-95)68-46-51-78-76(54-68)71-38-22-39-75(87(71)109-78)98-99-83(59-25-9-2-10-26-59)89-85(101-98)73-48-45-66(56-80(73)111-89)70-49-50-72-77-55-69(96-105-92(62-29-13-4-14-30-62)103-93(106-96)63-31-15-5-16-32-63)47-52-79(77)110-88(72)82(70)58-41-43-60(44-42-58)84-90-86(74-37-19-20-40-81(74)112-90)102-91(100-84)61-27-11-3-12-28-61/h1-56H. The molecule has 8 aromatic heterocycles. The maximum Gasteiger partial charge on any atom is 0.180 e. The van der Waals surface area contributed by atoms with Gasteiger partial charge in [-0.2, -0.15) is 0 Å². The minimum atomic E-state index is 0.481. The Morgan fingerprint density at radius 1 is 0.196 bits per heavy atom. The van der Waals surface area contributed by atoms with Gasteiger partial charge in [0.2, 0.25) is 0 Å². The van der Waals surface area contributed by atoms with Gasteiger partial charge in [0, 0.05) is 92.7 Å². The summed E-state index contributed by atoms with van der Waals surface area (Å²) in [6.45, 7) is 0. The van der Waals surface area contributed by atoms with Gasteiger partial charge in [-0.3, -0.25) is 0 Å². The molecule has 22 aromatic rings. The molecule has 522 valence electrons. The normalized spacial score (nSPS) is 11.8. The van der Waals surface area contributed by atoms with Crippen LogP contribution in [0.25, 0.3) is 233 Å². The molecular formula is C98H56N10O3S. The van der Waals surface area contributed by atoms with Gasteiger partial charge in [0.15, 0.2) is 52.2 Å². The summed E-state index contributed by atoms with van der Waals surface area (Å²) in [5.74, 6) is 4.53. The Morgan fingerprint density at radius 3 is 1.21 bits per heavy atom. The molecule has 0 radical (unpaired) electrons. The molecule has 0 unspecified atom stereocenters. The van der Waals surface area contributed by atoms with Crippen LogP contribution in [-0.4, -0.2) is 49.8 Å². The van der Waals surface area contributed by atoms with Crippen LogP contribution >= 0.6 is 11.3 Å². The number of benzene rings is 14. The number of nitrogens with zero attached hydrogens (tertiary/aromatic N) is 10.